The molecule has 9 heteroatoms. The molecule has 9 nitrogen and oxygen atoms in total. The SMILES string of the molecule is O=C1CN(Cc2cccc(OCC(O)CN3CCC(n4cnnc4)CC3)c2)CCN1. The zero-order valence-corrected chi connectivity index (χ0v) is 17.2. The highest BCUT2D eigenvalue weighted by Crippen LogP contribution is 2.22. The average Bonchev–Trinajstić information content (AvgIpc) is 3.28. The molecule has 2 aromatic rings. The number of carbonyl (C=O) groups excluding carboxylic acids is 1. The van der Waals surface area contributed by atoms with Crippen molar-refractivity contribution < 1.29 is 14.6 Å². The lowest BCUT2D eigenvalue weighted by Crippen LogP contribution is -2.47. The maximum atomic E-state index is 11.5. The lowest BCUT2D eigenvalue weighted by molar-refractivity contribution is -0.124. The van der Waals surface area contributed by atoms with Gasteiger partial charge in [0, 0.05) is 45.3 Å². The smallest absolute Gasteiger partial charge is 0.234 e. The van der Waals surface area contributed by atoms with Crippen LogP contribution in [0.4, 0.5) is 0 Å². The molecule has 0 radical (unpaired) electrons. The van der Waals surface area contributed by atoms with Crippen LogP contribution >= 0.6 is 0 Å². The zero-order chi connectivity index (χ0) is 20.8. The third kappa shape index (κ3) is 5.78. The van der Waals surface area contributed by atoms with E-state index in [2.05, 4.69) is 29.9 Å². The van der Waals surface area contributed by atoms with Gasteiger partial charge < -0.3 is 24.6 Å². The lowest BCUT2D eigenvalue weighted by atomic mass is 10.0. The van der Waals surface area contributed by atoms with Gasteiger partial charge >= 0.3 is 0 Å². The number of benzene rings is 1. The third-order valence-corrected chi connectivity index (χ3v) is 5.75. The van der Waals surface area contributed by atoms with E-state index in [4.69, 9.17) is 4.74 Å². The second-order valence-corrected chi connectivity index (χ2v) is 8.11. The van der Waals surface area contributed by atoms with Crippen LogP contribution in [0, 0.1) is 0 Å². The largest absolute Gasteiger partial charge is 0.491 e. The van der Waals surface area contributed by atoms with Crippen molar-refractivity contribution >= 4 is 5.91 Å². The van der Waals surface area contributed by atoms with Crippen LogP contribution in [0.2, 0.25) is 0 Å². The average molecular weight is 415 g/mol. The molecule has 2 aliphatic rings. The fourth-order valence-corrected chi connectivity index (χ4v) is 4.16. The fraction of sp³-hybridized carbons (Fsp3) is 0.571. The summed E-state index contributed by atoms with van der Waals surface area (Å²) >= 11 is 0. The normalized spacial score (nSPS) is 20.1. The molecule has 1 unspecified atom stereocenters. The van der Waals surface area contributed by atoms with Gasteiger partial charge in [0.15, 0.2) is 0 Å². The van der Waals surface area contributed by atoms with E-state index in [9.17, 15) is 9.90 Å². The zero-order valence-electron chi connectivity index (χ0n) is 17.2. The van der Waals surface area contributed by atoms with Crippen molar-refractivity contribution in [3.05, 3.63) is 42.5 Å². The van der Waals surface area contributed by atoms with Crippen LogP contribution in [-0.2, 0) is 11.3 Å². The first-order chi connectivity index (χ1) is 14.7. The number of piperazine rings is 1. The molecule has 162 valence electrons. The van der Waals surface area contributed by atoms with Crippen molar-refractivity contribution in [1.82, 2.24) is 29.9 Å². The van der Waals surface area contributed by atoms with Crippen LogP contribution in [0.1, 0.15) is 24.4 Å². The summed E-state index contributed by atoms with van der Waals surface area (Å²) in [6, 6.07) is 8.33. The Kier molecular flexibility index (Phi) is 6.93. The Hall–Kier alpha value is -2.49. The summed E-state index contributed by atoms with van der Waals surface area (Å²) in [5.41, 5.74) is 1.10. The fourth-order valence-electron chi connectivity index (χ4n) is 4.16. The molecule has 30 heavy (non-hydrogen) atoms. The summed E-state index contributed by atoms with van der Waals surface area (Å²) in [6.07, 6.45) is 5.07. The lowest BCUT2D eigenvalue weighted by Gasteiger charge is -2.33. The van der Waals surface area contributed by atoms with Crippen molar-refractivity contribution in [2.75, 3.05) is 45.9 Å². The minimum absolute atomic E-state index is 0.0718. The summed E-state index contributed by atoms with van der Waals surface area (Å²) in [7, 11) is 0. The maximum absolute atomic E-state index is 11.5. The number of nitrogens with one attached hydrogen (secondary N) is 1. The van der Waals surface area contributed by atoms with Crippen LogP contribution in [0.3, 0.4) is 0 Å². The van der Waals surface area contributed by atoms with Gasteiger partial charge in [-0.05, 0) is 30.5 Å². The molecule has 2 aliphatic heterocycles. The molecular weight excluding hydrogens is 384 g/mol. The second-order valence-electron chi connectivity index (χ2n) is 8.11. The van der Waals surface area contributed by atoms with Gasteiger partial charge in [-0.3, -0.25) is 9.69 Å². The van der Waals surface area contributed by atoms with Gasteiger partial charge in [-0.2, -0.15) is 0 Å². The number of nitrogens with zero attached hydrogens (tertiary/aromatic N) is 5. The Morgan fingerprint density at radius 1 is 1.17 bits per heavy atom. The first-order valence-electron chi connectivity index (χ1n) is 10.6. The Labute approximate surface area is 176 Å². The Morgan fingerprint density at radius 2 is 1.97 bits per heavy atom. The number of amides is 1. The van der Waals surface area contributed by atoms with E-state index in [0.717, 1.165) is 43.8 Å². The summed E-state index contributed by atoms with van der Waals surface area (Å²) < 4.78 is 7.91. The molecule has 1 aromatic carbocycles. The predicted octanol–water partition coefficient (Wildman–Crippen LogP) is 0.287. The van der Waals surface area contributed by atoms with Crippen molar-refractivity contribution in [2.45, 2.75) is 31.5 Å². The molecular formula is C21H30N6O3. The van der Waals surface area contributed by atoms with Crippen LogP contribution < -0.4 is 10.1 Å². The number of aliphatic hydroxyl groups is 1. The predicted molar refractivity (Wildman–Crippen MR) is 111 cm³/mol. The van der Waals surface area contributed by atoms with Crippen LogP contribution in [-0.4, -0.2) is 87.6 Å². The molecule has 1 amide bonds. The molecule has 0 aliphatic carbocycles. The highest BCUT2D eigenvalue weighted by molar-refractivity contribution is 5.78. The molecule has 2 fully saturated rings. The summed E-state index contributed by atoms with van der Waals surface area (Å²) in [5.74, 6) is 0.821. The Bertz CT molecular complexity index is 807. The quantitative estimate of drug-likeness (QED) is 0.641. The number of hydrogen-bond donors (Lipinski definition) is 2. The Morgan fingerprint density at radius 3 is 2.73 bits per heavy atom. The van der Waals surface area contributed by atoms with E-state index >= 15 is 0 Å². The number of β-amino-alcohol motifs (C(OH)–C–C–N with tert-alkyl or cyclic N) is 1. The first-order valence-corrected chi connectivity index (χ1v) is 10.6. The van der Waals surface area contributed by atoms with Gasteiger partial charge in [0.2, 0.25) is 5.91 Å². The number of aliphatic hydroxyl groups excluding tert-OH is 1. The number of piperidine rings is 1. The highest BCUT2D eigenvalue weighted by Gasteiger charge is 2.22. The van der Waals surface area contributed by atoms with Gasteiger partial charge in [-0.1, -0.05) is 12.1 Å². The standard InChI is InChI=1S/C21H30N6O3/c28-19(12-25-7-4-18(5-8-25)27-15-23-24-16-27)14-30-20-3-1-2-17(10-20)11-26-9-6-22-21(29)13-26/h1-3,10,15-16,18-19,28H,4-9,11-14H2,(H,22,29). The first kappa shape index (κ1) is 20.8. The van der Waals surface area contributed by atoms with Crippen molar-refractivity contribution in [3.8, 4) is 5.75 Å². The number of ether oxygens (including phenoxy) is 1. The van der Waals surface area contributed by atoms with Crippen molar-refractivity contribution in [1.29, 1.82) is 0 Å². The topological polar surface area (TPSA) is 95.8 Å². The molecule has 3 heterocycles. The number of rotatable bonds is 8. The third-order valence-electron chi connectivity index (χ3n) is 5.75. The van der Waals surface area contributed by atoms with Crippen molar-refractivity contribution in [2.24, 2.45) is 0 Å². The minimum atomic E-state index is -0.536. The summed E-state index contributed by atoms with van der Waals surface area (Å²) in [5, 5.41) is 21.0. The number of hydrogen-bond acceptors (Lipinski definition) is 7. The molecule has 0 saturated carbocycles. The van der Waals surface area contributed by atoms with E-state index in [0.29, 0.717) is 32.2 Å². The van der Waals surface area contributed by atoms with Crippen molar-refractivity contribution in [3.63, 3.8) is 0 Å². The number of likely N-dealkylation sites (tertiary alicyclic amines) is 1. The van der Waals surface area contributed by atoms with E-state index < -0.39 is 6.10 Å². The van der Waals surface area contributed by atoms with E-state index in [1.165, 1.54) is 0 Å². The van der Waals surface area contributed by atoms with Gasteiger partial charge in [0.25, 0.3) is 0 Å². The van der Waals surface area contributed by atoms with E-state index in [-0.39, 0.29) is 12.5 Å². The van der Waals surface area contributed by atoms with Crippen LogP contribution in [0.5, 0.6) is 5.75 Å². The molecule has 4 rings (SSSR count). The minimum Gasteiger partial charge on any atom is -0.491 e. The van der Waals surface area contributed by atoms with Gasteiger partial charge in [0.1, 0.15) is 31.1 Å². The molecule has 0 bridgehead atoms. The maximum Gasteiger partial charge on any atom is 0.234 e. The Balaban J connectivity index is 1.19. The summed E-state index contributed by atoms with van der Waals surface area (Å²) in [6.45, 7) is 5.45. The van der Waals surface area contributed by atoms with Gasteiger partial charge in [-0.15, -0.1) is 10.2 Å². The highest BCUT2D eigenvalue weighted by atomic mass is 16.5. The second kappa shape index (κ2) is 10.0. The molecule has 2 N–H and O–H groups in total. The molecule has 2 saturated heterocycles. The van der Waals surface area contributed by atoms with Crippen LogP contribution in [0.25, 0.3) is 0 Å². The van der Waals surface area contributed by atoms with Crippen LogP contribution in [0.15, 0.2) is 36.9 Å². The number of aromatic nitrogens is 3. The molecule has 0 spiro atoms. The molecule has 1 aromatic heterocycles. The monoisotopic (exact) mass is 414 g/mol. The van der Waals surface area contributed by atoms with Gasteiger partial charge in [-0.25, -0.2) is 0 Å². The number of carbonyl (C=O) groups is 1. The summed E-state index contributed by atoms with van der Waals surface area (Å²) in [4.78, 5) is 15.9. The van der Waals surface area contributed by atoms with E-state index in [1.54, 1.807) is 12.7 Å². The van der Waals surface area contributed by atoms with E-state index in [1.807, 2.05) is 24.3 Å². The van der Waals surface area contributed by atoms with Gasteiger partial charge in [0.05, 0.1) is 6.54 Å². The molecule has 1 atom stereocenters.